The van der Waals surface area contributed by atoms with Crippen molar-refractivity contribution in [2.45, 2.75) is 18.6 Å². The predicted molar refractivity (Wildman–Crippen MR) is 113 cm³/mol. The number of rotatable bonds is 6. The number of nitrogens with one attached hydrogen (secondary N) is 2. The van der Waals surface area contributed by atoms with Crippen LogP contribution in [0.4, 0.5) is 10.1 Å². The van der Waals surface area contributed by atoms with Crippen molar-refractivity contribution in [2.75, 3.05) is 18.5 Å². The van der Waals surface area contributed by atoms with Gasteiger partial charge in [-0.2, -0.15) is 0 Å². The summed E-state index contributed by atoms with van der Waals surface area (Å²) in [6.07, 6.45) is 0.183. The lowest BCUT2D eigenvalue weighted by atomic mass is 9.98. The Kier molecular flexibility index (Phi) is 6.07. The minimum absolute atomic E-state index is 0.163. The van der Waals surface area contributed by atoms with Gasteiger partial charge in [0.25, 0.3) is 5.91 Å². The van der Waals surface area contributed by atoms with Crippen molar-refractivity contribution in [1.82, 2.24) is 5.32 Å². The highest BCUT2D eigenvalue weighted by atomic mass is 19.1. The summed E-state index contributed by atoms with van der Waals surface area (Å²) in [6, 6.07) is 20.6. The van der Waals surface area contributed by atoms with Crippen LogP contribution in [0, 0.1) is 5.82 Å². The van der Waals surface area contributed by atoms with Gasteiger partial charge in [-0.25, -0.2) is 4.39 Å². The van der Waals surface area contributed by atoms with Gasteiger partial charge in [0, 0.05) is 16.8 Å². The Morgan fingerprint density at radius 3 is 2.53 bits per heavy atom. The summed E-state index contributed by atoms with van der Waals surface area (Å²) in [4.78, 5) is 12.2. The third-order valence-electron chi connectivity index (χ3n) is 5.14. The van der Waals surface area contributed by atoms with Crippen molar-refractivity contribution in [2.24, 2.45) is 0 Å². The number of anilines is 1. The first-order valence-corrected chi connectivity index (χ1v) is 9.89. The SMILES string of the molecule is O=C(Nc1ccc(CCNC2c3ccccc3OCC2O)cc1)c1ccc(F)cc1. The Balaban J connectivity index is 1.31. The lowest BCUT2D eigenvalue weighted by Gasteiger charge is -2.31. The number of benzene rings is 3. The van der Waals surface area contributed by atoms with Gasteiger partial charge in [0.2, 0.25) is 0 Å². The van der Waals surface area contributed by atoms with Crippen LogP contribution in [0.2, 0.25) is 0 Å². The summed E-state index contributed by atoms with van der Waals surface area (Å²) < 4.78 is 18.5. The molecule has 3 N–H and O–H groups in total. The highest BCUT2D eigenvalue weighted by Gasteiger charge is 2.28. The van der Waals surface area contributed by atoms with Crippen LogP contribution in [0.1, 0.15) is 27.5 Å². The van der Waals surface area contributed by atoms with Crippen molar-refractivity contribution in [3.05, 3.63) is 95.3 Å². The molecule has 1 aliphatic heterocycles. The number of hydrogen-bond acceptors (Lipinski definition) is 4. The number of fused-ring (bicyclic) bond motifs is 1. The third kappa shape index (κ3) is 4.67. The second kappa shape index (κ2) is 9.07. The second-order valence-electron chi connectivity index (χ2n) is 7.26. The summed E-state index contributed by atoms with van der Waals surface area (Å²) >= 11 is 0. The van der Waals surface area contributed by atoms with E-state index in [0.717, 1.165) is 23.3 Å². The van der Waals surface area contributed by atoms with E-state index in [1.165, 1.54) is 24.3 Å². The Morgan fingerprint density at radius 2 is 1.77 bits per heavy atom. The number of ether oxygens (including phenoxy) is 1. The van der Waals surface area contributed by atoms with Crippen LogP contribution in [-0.4, -0.2) is 30.3 Å². The molecular weight excluding hydrogens is 383 g/mol. The van der Waals surface area contributed by atoms with E-state index in [2.05, 4.69) is 10.6 Å². The van der Waals surface area contributed by atoms with Gasteiger partial charge in [-0.15, -0.1) is 0 Å². The number of para-hydroxylation sites is 1. The molecule has 0 saturated heterocycles. The molecule has 154 valence electrons. The smallest absolute Gasteiger partial charge is 0.255 e. The van der Waals surface area contributed by atoms with Crippen LogP contribution in [0.3, 0.4) is 0 Å². The van der Waals surface area contributed by atoms with Gasteiger partial charge in [0.05, 0.1) is 6.04 Å². The maximum absolute atomic E-state index is 13.0. The Labute approximate surface area is 174 Å². The highest BCUT2D eigenvalue weighted by Crippen LogP contribution is 2.31. The van der Waals surface area contributed by atoms with Gasteiger partial charge < -0.3 is 20.5 Å². The molecule has 2 atom stereocenters. The largest absolute Gasteiger partial charge is 0.490 e. The number of carbonyl (C=O) groups is 1. The number of carbonyl (C=O) groups excluding carboxylic acids is 1. The van der Waals surface area contributed by atoms with E-state index < -0.39 is 6.10 Å². The number of aliphatic hydroxyl groups excluding tert-OH is 1. The normalized spacial score (nSPS) is 17.7. The van der Waals surface area contributed by atoms with E-state index >= 15 is 0 Å². The van der Waals surface area contributed by atoms with E-state index in [1.807, 2.05) is 48.5 Å². The minimum atomic E-state index is -0.594. The molecule has 0 saturated carbocycles. The van der Waals surface area contributed by atoms with Crippen LogP contribution in [0.5, 0.6) is 5.75 Å². The monoisotopic (exact) mass is 406 g/mol. The predicted octanol–water partition coefficient (Wildman–Crippen LogP) is 3.70. The molecule has 0 radical (unpaired) electrons. The summed E-state index contributed by atoms with van der Waals surface area (Å²) in [5.74, 6) is 0.152. The van der Waals surface area contributed by atoms with Gasteiger partial charge in [0.1, 0.15) is 24.3 Å². The molecule has 3 aromatic carbocycles. The zero-order chi connectivity index (χ0) is 20.9. The number of halogens is 1. The Hall–Kier alpha value is -3.22. The summed E-state index contributed by atoms with van der Waals surface area (Å²) in [5.41, 5.74) is 3.15. The lowest BCUT2D eigenvalue weighted by Crippen LogP contribution is -2.40. The molecular formula is C24H23FN2O3. The Morgan fingerprint density at radius 1 is 1.03 bits per heavy atom. The first-order chi connectivity index (χ1) is 14.6. The molecule has 30 heavy (non-hydrogen) atoms. The van der Waals surface area contributed by atoms with E-state index in [0.29, 0.717) is 17.8 Å². The molecule has 6 heteroatoms. The van der Waals surface area contributed by atoms with Crippen LogP contribution < -0.4 is 15.4 Å². The molecule has 3 aromatic rings. The molecule has 0 fully saturated rings. The van der Waals surface area contributed by atoms with Crippen molar-refractivity contribution < 1.29 is 19.0 Å². The standard InChI is InChI=1S/C24H23FN2O3/c25-18-9-7-17(8-10-18)24(29)27-19-11-5-16(6-12-19)13-14-26-23-20-3-1-2-4-22(20)30-15-21(23)28/h1-12,21,23,26,28H,13-15H2,(H,27,29). The highest BCUT2D eigenvalue weighted by molar-refractivity contribution is 6.04. The summed E-state index contributed by atoms with van der Waals surface area (Å²) in [6.45, 7) is 0.967. The average molecular weight is 406 g/mol. The van der Waals surface area contributed by atoms with E-state index in [9.17, 15) is 14.3 Å². The molecule has 4 rings (SSSR count). The van der Waals surface area contributed by atoms with Crippen molar-refractivity contribution in [1.29, 1.82) is 0 Å². The molecule has 2 unspecified atom stereocenters. The first kappa shape index (κ1) is 20.1. The zero-order valence-electron chi connectivity index (χ0n) is 16.3. The molecule has 1 amide bonds. The lowest BCUT2D eigenvalue weighted by molar-refractivity contribution is 0.0553. The summed E-state index contributed by atoms with van der Waals surface area (Å²) in [7, 11) is 0. The zero-order valence-corrected chi connectivity index (χ0v) is 16.3. The van der Waals surface area contributed by atoms with E-state index in [1.54, 1.807) is 0 Å². The van der Waals surface area contributed by atoms with Crippen molar-refractivity contribution in [3.63, 3.8) is 0 Å². The van der Waals surface area contributed by atoms with Gasteiger partial charge >= 0.3 is 0 Å². The number of hydrogen-bond donors (Lipinski definition) is 3. The Bertz CT molecular complexity index is 1010. The molecule has 5 nitrogen and oxygen atoms in total. The minimum Gasteiger partial charge on any atom is -0.490 e. The topological polar surface area (TPSA) is 70.6 Å². The van der Waals surface area contributed by atoms with Crippen LogP contribution in [0.15, 0.2) is 72.8 Å². The fraction of sp³-hybridized carbons (Fsp3) is 0.208. The van der Waals surface area contributed by atoms with Crippen LogP contribution in [0.25, 0.3) is 0 Å². The maximum atomic E-state index is 13.0. The first-order valence-electron chi connectivity index (χ1n) is 9.89. The van der Waals surface area contributed by atoms with Gasteiger partial charge in [-0.05, 0) is 61.0 Å². The van der Waals surface area contributed by atoms with Crippen LogP contribution in [-0.2, 0) is 6.42 Å². The van der Waals surface area contributed by atoms with E-state index in [4.69, 9.17) is 4.74 Å². The van der Waals surface area contributed by atoms with Crippen molar-refractivity contribution >= 4 is 11.6 Å². The van der Waals surface area contributed by atoms with E-state index in [-0.39, 0.29) is 24.4 Å². The molecule has 1 aliphatic rings. The third-order valence-corrected chi connectivity index (χ3v) is 5.14. The molecule has 0 aliphatic carbocycles. The molecule has 0 spiro atoms. The van der Waals surface area contributed by atoms with Crippen molar-refractivity contribution in [3.8, 4) is 5.75 Å². The van der Waals surface area contributed by atoms with Gasteiger partial charge in [-0.1, -0.05) is 30.3 Å². The number of aliphatic hydroxyl groups is 1. The second-order valence-corrected chi connectivity index (χ2v) is 7.26. The quantitative estimate of drug-likeness (QED) is 0.584. The van der Waals surface area contributed by atoms with Crippen LogP contribution >= 0.6 is 0 Å². The summed E-state index contributed by atoms with van der Waals surface area (Å²) in [5, 5.41) is 16.5. The fourth-order valence-corrected chi connectivity index (χ4v) is 3.52. The number of amides is 1. The van der Waals surface area contributed by atoms with Gasteiger partial charge in [0.15, 0.2) is 0 Å². The maximum Gasteiger partial charge on any atom is 0.255 e. The molecule has 0 aromatic heterocycles. The average Bonchev–Trinajstić information content (AvgIpc) is 2.77. The molecule has 0 bridgehead atoms. The fourth-order valence-electron chi connectivity index (χ4n) is 3.52. The molecule has 1 heterocycles. The van der Waals surface area contributed by atoms with Gasteiger partial charge in [-0.3, -0.25) is 4.79 Å².